The van der Waals surface area contributed by atoms with Gasteiger partial charge in [-0.1, -0.05) is 23.7 Å². The maximum absolute atomic E-state index is 12.8. The average molecular weight is 402 g/mol. The van der Waals surface area contributed by atoms with Gasteiger partial charge in [-0.15, -0.1) is 0 Å². The number of halogens is 4. The first-order valence-corrected chi connectivity index (χ1v) is 9.11. The fraction of sp³-hybridized carbons (Fsp3) is 0.176. The Kier molecular flexibility index (Phi) is 4.90. The van der Waals surface area contributed by atoms with Crippen LogP contribution in [0.15, 0.2) is 48.5 Å². The van der Waals surface area contributed by atoms with Crippen molar-refractivity contribution in [2.45, 2.75) is 11.4 Å². The lowest BCUT2D eigenvalue weighted by atomic mass is 10.1. The summed E-state index contributed by atoms with van der Waals surface area (Å²) in [5, 5.41) is -0.661. The molecule has 26 heavy (non-hydrogen) atoms. The molecule has 1 fully saturated rings. The molecule has 1 aliphatic heterocycles. The molecule has 2 unspecified atom stereocenters. The summed E-state index contributed by atoms with van der Waals surface area (Å²) >= 11 is 5.81. The summed E-state index contributed by atoms with van der Waals surface area (Å²) < 4.78 is 50.4. The van der Waals surface area contributed by atoms with Gasteiger partial charge < -0.3 is 0 Å². The van der Waals surface area contributed by atoms with Gasteiger partial charge in [-0.05, 0) is 42.0 Å². The van der Waals surface area contributed by atoms with E-state index in [1.54, 1.807) is 0 Å². The molecule has 1 aliphatic rings. The third-order valence-electron chi connectivity index (χ3n) is 3.85. The Labute approximate surface area is 154 Å². The van der Waals surface area contributed by atoms with Crippen LogP contribution in [0.25, 0.3) is 0 Å². The Hall–Kier alpha value is -2.19. The number of carbonyl (C=O) groups excluding carboxylic acids is 2. The molecule has 2 atom stereocenters. The minimum atomic E-state index is -4.53. The number of carbonyl (C=O) groups is 2. The number of imide groups is 1. The topological polar surface area (TPSA) is 54.5 Å². The van der Waals surface area contributed by atoms with E-state index in [-0.39, 0.29) is 5.69 Å². The predicted molar refractivity (Wildman–Crippen MR) is 91.1 cm³/mol. The van der Waals surface area contributed by atoms with Gasteiger partial charge in [0, 0.05) is 15.8 Å². The summed E-state index contributed by atoms with van der Waals surface area (Å²) in [6.45, 7) is 0. The smallest absolute Gasteiger partial charge is 0.273 e. The number of anilines is 1. The Morgan fingerprint density at radius 1 is 1.00 bits per heavy atom. The third kappa shape index (κ3) is 3.52. The molecule has 1 saturated heterocycles. The van der Waals surface area contributed by atoms with Gasteiger partial charge >= 0.3 is 6.18 Å². The monoisotopic (exact) mass is 401 g/mol. The number of hydrogen-bond acceptors (Lipinski definition) is 3. The van der Waals surface area contributed by atoms with Gasteiger partial charge in [0.1, 0.15) is 11.0 Å². The van der Waals surface area contributed by atoms with E-state index < -0.39 is 45.4 Å². The molecule has 0 saturated carbocycles. The largest absolute Gasteiger partial charge is 0.416 e. The molecule has 0 spiro atoms. The molecule has 0 N–H and O–H groups in total. The van der Waals surface area contributed by atoms with Crippen LogP contribution >= 0.6 is 11.6 Å². The highest BCUT2D eigenvalue weighted by atomic mass is 35.5. The highest BCUT2D eigenvalue weighted by molar-refractivity contribution is 7.87. The van der Waals surface area contributed by atoms with Crippen molar-refractivity contribution >= 4 is 39.9 Å². The van der Waals surface area contributed by atoms with E-state index in [0.29, 0.717) is 10.6 Å². The van der Waals surface area contributed by atoms with Crippen LogP contribution in [-0.2, 0) is 26.6 Å². The summed E-state index contributed by atoms with van der Waals surface area (Å²) in [4.78, 5) is 25.7. The van der Waals surface area contributed by atoms with E-state index in [2.05, 4.69) is 0 Å². The average Bonchev–Trinajstić information content (AvgIpc) is 2.56. The maximum atomic E-state index is 12.8. The number of amides is 2. The van der Waals surface area contributed by atoms with Crippen LogP contribution in [0, 0.1) is 0 Å². The first-order valence-electron chi connectivity index (χ1n) is 7.35. The number of alkyl halides is 3. The first-order chi connectivity index (χ1) is 12.2. The van der Waals surface area contributed by atoms with Crippen LogP contribution < -0.4 is 4.90 Å². The second-order valence-electron chi connectivity index (χ2n) is 5.57. The number of hydrogen-bond donors (Lipinski definition) is 0. The molecule has 3 rings (SSSR count). The Balaban J connectivity index is 1.96. The molecule has 9 heteroatoms. The molecule has 0 radical (unpaired) electrons. The lowest BCUT2D eigenvalue weighted by Crippen LogP contribution is -2.49. The molecule has 4 nitrogen and oxygen atoms in total. The van der Waals surface area contributed by atoms with Crippen molar-refractivity contribution in [2.75, 3.05) is 10.7 Å². The van der Waals surface area contributed by atoms with Gasteiger partial charge in [0.2, 0.25) is 5.91 Å². The Morgan fingerprint density at radius 2 is 1.58 bits per heavy atom. The van der Waals surface area contributed by atoms with Crippen molar-refractivity contribution in [2.24, 2.45) is 0 Å². The second-order valence-corrected chi connectivity index (χ2v) is 7.53. The minimum Gasteiger partial charge on any atom is -0.273 e. The lowest BCUT2D eigenvalue weighted by molar-refractivity contribution is -0.137. The van der Waals surface area contributed by atoms with Crippen molar-refractivity contribution in [3.05, 3.63) is 64.7 Å². The molecule has 2 aromatic carbocycles. The fourth-order valence-corrected chi connectivity index (χ4v) is 4.08. The van der Waals surface area contributed by atoms with Gasteiger partial charge in [-0.25, -0.2) is 4.90 Å². The van der Waals surface area contributed by atoms with Crippen LogP contribution in [0.1, 0.15) is 16.4 Å². The molecule has 136 valence electrons. The van der Waals surface area contributed by atoms with Crippen molar-refractivity contribution in [3.63, 3.8) is 0 Å². The zero-order valence-corrected chi connectivity index (χ0v) is 14.6. The van der Waals surface area contributed by atoms with E-state index in [0.717, 1.165) is 29.2 Å². The number of benzene rings is 2. The number of nitrogens with zero attached hydrogens (tertiary/aromatic N) is 1. The maximum Gasteiger partial charge on any atom is 0.416 e. The van der Waals surface area contributed by atoms with Gasteiger partial charge in [0.15, 0.2) is 0 Å². The quantitative estimate of drug-likeness (QED) is 0.721. The highest BCUT2D eigenvalue weighted by Crippen LogP contribution is 2.34. The fourth-order valence-electron chi connectivity index (χ4n) is 2.62. The molecule has 1 heterocycles. The molecule has 2 aromatic rings. The summed E-state index contributed by atoms with van der Waals surface area (Å²) in [6, 6.07) is 9.79. The summed E-state index contributed by atoms with van der Waals surface area (Å²) in [7, 11) is -1.77. The van der Waals surface area contributed by atoms with Crippen LogP contribution in [0.2, 0.25) is 5.02 Å². The molecule has 0 bridgehead atoms. The minimum absolute atomic E-state index is 0.00339. The van der Waals surface area contributed by atoms with E-state index in [1.165, 1.54) is 24.3 Å². The van der Waals surface area contributed by atoms with E-state index in [1.807, 2.05) is 0 Å². The van der Waals surface area contributed by atoms with E-state index >= 15 is 0 Å². The molecular formula is C17H11ClF3NO3S. The highest BCUT2D eigenvalue weighted by Gasteiger charge is 2.41. The third-order valence-corrected chi connectivity index (χ3v) is 5.63. The normalized spacial score (nSPS) is 21.2. The van der Waals surface area contributed by atoms with Gasteiger partial charge in [0.05, 0.1) is 11.3 Å². The summed E-state index contributed by atoms with van der Waals surface area (Å²) in [5.41, 5.74) is -0.471. The number of rotatable bonds is 2. The van der Waals surface area contributed by atoms with Gasteiger partial charge in [-0.2, -0.15) is 13.2 Å². The van der Waals surface area contributed by atoms with Crippen LogP contribution in [0.3, 0.4) is 0 Å². The van der Waals surface area contributed by atoms with Crippen LogP contribution in [0.4, 0.5) is 18.9 Å². The Morgan fingerprint density at radius 3 is 2.12 bits per heavy atom. The predicted octanol–water partition coefficient (Wildman–Crippen LogP) is 3.72. The van der Waals surface area contributed by atoms with Crippen molar-refractivity contribution in [1.29, 1.82) is 0 Å². The lowest BCUT2D eigenvalue weighted by Gasteiger charge is -2.30. The van der Waals surface area contributed by atoms with Crippen molar-refractivity contribution in [3.8, 4) is 0 Å². The van der Waals surface area contributed by atoms with Crippen LogP contribution in [-0.4, -0.2) is 21.8 Å². The summed E-state index contributed by atoms with van der Waals surface area (Å²) in [5.74, 6) is -1.87. The molecule has 0 aliphatic carbocycles. The van der Waals surface area contributed by atoms with Crippen molar-refractivity contribution < 1.29 is 27.0 Å². The molecule has 0 aromatic heterocycles. The SMILES string of the molecule is O=C1CS(=O)C(c2ccc(Cl)cc2)C(=O)N1c1ccc(C(F)(F)F)cc1. The second kappa shape index (κ2) is 6.85. The molecular weight excluding hydrogens is 391 g/mol. The van der Waals surface area contributed by atoms with E-state index in [4.69, 9.17) is 11.6 Å². The van der Waals surface area contributed by atoms with Gasteiger partial charge in [-0.3, -0.25) is 13.8 Å². The van der Waals surface area contributed by atoms with Crippen LogP contribution in [0.5, 0.6) is 0 Å². The first kappa shape index (κ1) is 18.6. The Bertz CT molecular complexity index is 882. The molecule has 2 amide bonds. The van der Waals surface area contributed by atoms with Gasteiger partial charge in [0.25, 0.3) is 5.91 Å². The van der Waals surface area contributed by atoms with E-state index in [9.17, 15) is 27.0 Å². The standard InChI is InChI=1S/C17H11ClF3NO3S/c18-12-5-1-10(2-6-12)15-16(24)22(14(23)9-26(15)25)13-7-3-11(4-8-13)17(19,20)21/h1-8,15H,9H2. The summed E-state index contributed by atoms with van der Waals surface area (Å²) in [6.07, 6.45) is -4.53. The zero-order valence-electron chi connectivity index (χ0n) is 13.0. The zero-order chi connectivity index (χ0) is 19.1. The van der Waals surface area contributed by atoms with Crippen molar-refractivity contribution in [1.82, 2.24) is 0 Å².